The molecule has 3 aromatic heterocycles. The smallest absolute Gasteiger partial charge is 0.304 e. The average molecular weight is 1510 g/mol. The molecule has 6 heterocycles. The van der Waals surface area contributed by atoms with Crippen molar-refractivity contribution in [3.8, 4) is 0 Å². The van der Waals surface area contributed by atoms with E-state index < -0.39 is 17.9 Å². The van der Waals surface area contributed by atoms with Gasteiger partial charge >= 0.3 is 17.9 Å². The summed E-state index contributed by atoms with van der Waals surface area (Å²) in [6, 6.07) is 52.7. The molecule has 3 aliphatic heterocycles. The van der Waals surface area contributed by atoms with Crippen molar-refractivity contribution in [2.45, 2.75) is 158 Å². The van der Waals surface area contributed by atoms with Crippen molar-refractivity contribution in [3.63, 3.8) is 0 Å². The van der Waals surface area contributed by atoms with Gasteiger partial charge in [-0.25, -0.2) is 14.0 Å². The zero-order valence-corrected chi connectivity index (χ0v) is 65.2. The third kappa shape index (κ3) is 17.0. The van der Waals surface area contributed by atoms with Crippen molar-refractivity contribution in [2.24, 2.45) is 0 Å². The van der Waals surface area contributed by atoms with E-state index in [1.807, 2.05) is 198 Å². The number of carbonyl (C=O) groups is 6. The molecule has 23 heteroatoms. The van der Waals surface area contributed by atoms with E-state index in [0.717, 1.165) is 155 Å². The van der Waals surface area contributed by atoms with E-state index in [2.05, 4.69) is 88.1 Å². The number of carbonyl (C=O) groups excluding carboxylic acids is 3. The van der Waals surface area contributed by atoms with Crippen molar-refractivity contribution in [1.29, 1.82) is 0 Å². The monoisotopic (exact) mass is 1510 g/mol. The summed E-state index contributed by atoms with van der Waals surface area (Å²) in [7, 11) is 0. The summed E-state index contributed by atoms with van der Waals surface area (Å²) in [6.07, 6.45) is 3.65. The van der Waals surface area contributed by atoms with E-state index >= 15 is 0 Å². The van der Waals surface area contributed by atoms with Crippen molar-refractivity contribution in [1.82, 2.24) is 59.7 Å². The van der Waals surface area contributed by atoms with Crippen LogP contribution in [0.2, 0.25) is 0 Å². The number of aromatic nitrogens is 9. The maximum absolute atomic E-state index is 13.1. The Bertz CT molecular complexity index is 4940. The summed E-state index contributed by atoms with van der Waals surface area (Å²) in [5.74, 6) is -3.49. The predicted octanol–water partition coefficient (Wildman–Crippen LogP) is 15.9. The Balaban J connectivity index is 0.000000152. The highest BCUT2D eigenvalue weighted by Crippen LogP contribution is 2.41. The van der Waals surface area contributed by atoms with Crippen LogP contribution in [0.15, 0.2) is 164 Å². The molecule has 0 saturated carbocycles. The number of hydrogen-bond acceptors (Lipinski definition) is 13. The van der Waals surface area contributed by atoms with Crippen molar-refractivity contribution in [2.75, 3.05) is 25.9 Å². The molecule has 15 rings (SSSR count). The first-order chi connectivity index (χ1) is 53.5. The van der Waals surface area contributed by atoms with E-state index in [9.17, 15) is 48.0 Å². The Hall–Kier alpha value is -11.7. The lowest BCUT2D eigenvalue weighted by Gasteiger charge is -2.31. The van der Waals surface area contributed by atoms with Crippen molar-refractivity contribution >= 4 is 80.9 Å². The quantitative estimate of drug-likeness (QED) is 0.0721. The van der Waals surface area contributed by atoms with Crippen molar-refractivity contribution in [3.05, 3.63) is 281 Å². The minimum atomic E-state index is -0.854. The van der Waals surface area contributed by atoms with E-state index in [0.29, 0.717) is 56.0 Å². The largest absolute Gasteiger partial charge is 0.481 e. The van der Waals surface area contributed by atoms with Crippen LogP contribution >= 0.6 is 12.1 Å². The van der Waals surface area contributed by atoms with Gasteiger partial charge in [0.15, 0.2) is 0 Å². The highest BCUT2D eigenvalue weighted by molar-refractivity contribution is 7.93. The number of aliphatic carboxylic acids is 3. The Morgan fingerprint density at radius 3 is 0.883 bits per heavy atom. The number of hydrogen-bond donors (Lipinski definition) is 3. The van der Waals surface area contributed by atoms with Gasteiger partial charge in [0.2, 0.25) is 0 Å². The summed E-state index contributed by atoms with van der Waals surface area (Å²) in [5, 5.41) is 55.3. The fourth-order valence-corrected chi connectivity index (χ4v) is 16.4. The van der Waals surface area contributed by atoms with Gasteiger partial charge in [0.25, 0.3) is 17.7 Å². The zero-order chi connectivity index (χ0) is 78.9. The zero-order valence-electron chi connectivity index (χ0n) is 64.4. The second-order valence-electron chi connectivity index (χ2n) is 28.7. The van der Waals surface area contributed by atoms with Crippen LogP contribution in [0.25, 0.3) is 33.1 Å². The molecule has 3 N–H and O–H groups in total. The first-order valence-electron chi connectivity index (χ1n) is 37.7. The van der Waals surface area contributed by atoms with Crippen molar-refractivity contribution < 1.29 is 48.0 Å². The number of carboxylic acids is 3. The standard InChI is InChI=1S/3C29H30N4O3.CH3FS/c3*1-4-33-26-11-10-24(19(3)28(26)30-31-33)25(16-27(34)35)21-14-18(2)23-12-13-32(17-22(23)15-21)29(36)20-8-6-5-7-9-20;1-3-2/h3*5-11,14-15,25H,4,12-13,16-17H2,1-3H3,(H,34,35);1H3/t2*25-;;/m10../s1. The summed E-state index contributed by atoms with van der Waals surface area (Å²) in [5.41, 5.74) is 26.3. The third-order valence-corrected chi connectivity index (χ3v) is 22.0. The molecule has 0 fully saturated rings. The lowest BCUT2D eigenvalue weighted by Crippen LogP contribution is -2.36. The molecule has 111 heavy (non-hydrogen) atoms. The fraction of sp³-hybridized carbons (Fsp3) is 0.318. The highest BCUT2D eigenvalue weighted by atomic mass is 32.2. The molecule has 12 aromatic rings. The molecule has 3 aliphatic rings. The van der Waals surface area contributed by atoms with Gasteiger partial charge in [0, 0.05) is 112 Å². The number of benzene rings is 9. The van der Waals surface area contributed by atoms with E-state index in [1.165, 1.54) is 22.9 Å². The highest BCUT2D eigenvalue weighted by Gasteiger charge is 2.32. The van der Waals surface area contributed by atoms with E-state index in [-0.39, 0.29) is 66.9 Å². The maximum Gasteiger partial charge on any atom is 0.304 e. The summed E-state index contributed by atoms with van der Waals surface area (Å²) >= 11 is 0.250. The predicted molar refractivity (Wildman–Crippen MR) is 429 cm³/mol. The van der Waals surface area contributed by atoms with Gasteiger partial charge in [0.05, 0.1) is 35.8 Å². The molecule has 21 nitrogen and oxygen atoms in total. The molecule has 0 spiro atoms. The summed E-state index contributed by atoms with van der Waals surface area (Å²) < 4.78 is 15.7. The maximum atomic E-state index is 13.1. The first-order valence-corrected chi connectivity index (χ1v) is 38.8. The molecule has 0 radical (unpaired) electrons. The molecule has 0 saturated heterocycles. The molecular formula is C88H93FN12O9S. The van der Waals surface area contributed by atoms with Crippen LogP contribution in [-0.4, -0.2) is 137 Å². The number of carboxylic acid groups (broad SMARTS) is 3. The lowest BCUT2D eigenvalue weighted by molar-refractivity contribution is -0.138. The number of amides is 3. The van der Waals surface area contributed by atoms with Crippen LogP contribution in [0.1, 0.15) is 189 Å². The van der Waals surface area contributed by atoms with Crippen LogP contribution in [0, 0.1) is 41.5 Å². The molecule has 3 atom stereocenters. The number of fused-ring (bicyclic) bond motifs is 6. The third-order valence-electron chi connectivity index (χ3n) is 22.0. The number of rotatable bonds is 18. The van der Waals surface area contributed by atoms with E-state index in [4.69, 9.17) is 0 Å². The lowest BCUT2D eigenvalue weighted by atomic mass is 9.82. The second kappa shape index (κ2) is 34.9. The Morgan fingerprint density at radius 2 is 0.649 bits per heavy atom. The minimum absolute atomic E-state index is 0.0201. The molecular weight excluding hydrogens is 1420 g/mol. The van der Waals surface area contributed by atoms with Gasteiger partial charge in [-0.1, -0.05) is 125 Å². The van der Waals surface area contributed by atoms with Crippen LogP contribution in [0.5, 0.6) is 0 Å². The molecule has 0 aliphatic carbocycles. The SMILES string of the molecule is CCn1nnc2c(C)c(C(CC(=O)O)c3cc(C)c4c(c3)CN(C(=O)c3ccccc3)CC4)ccc21.CCn1nnc2c(C)c([C@@H](CC(=O)O)c3cc(C)c4c(c3)CN(C(=O)c3ccccc3)CC4)ccc21.CCn1nnc2c(C)c([C@H](CC(=O)O)c3cc(C)c4c(c3)CN(C(=O)c3ccccc3)CC4)ccc21.CSF. The van der Waals surface area contributed by atoms with E-state index in [1.54, 1.807) is 0 Å². The molecule has 572 valence electrons. The molecule has 3 amide bonds. The Kier molecular flexibility index (Phi) is 24.8. The van der Waals surface area contributed by atoms with Gasteiger partial charge < -0.3 is 30.0 Å². The van der Waals surface area contributed by atoms with Crippen LogP contribution in [0.4, 0.5) is 3.89 Å². The number of nitrogens with zero attached hydrogens (tertiary/aromatic N) is 12. The molecule has 9 aromatic carbocycles. The van der Waals surface area contributed by atoms with Crippen LogP contribution in [-0.2, 0) is 72.9 Å². The van der Waals surface area contributed by atoms with Gasteiger partial charge in [-0.05, 0) is 236 Å². The van der Waals surface area contributed by atoms with Gasteiger partial charge in [0.1, 0.15) is 16.6 Å². The fourth-order valence-electron chi connectivity index (χ4n) is 16.4. The Labute approximate surface area is 649 Å². The number of aryl methyl sites for hydroxylation is 9. The molecule has 0 bridgehead atoms. The number of halogens is 1. The van der Waals surface area contributed by atoms with Crippen LogP contribution in [0.3, 0.4) is 0 Å². The first kappa shape index (κ1) is 78.8. The summed E-state index contributed by atoms with van der Waals surface area (Å²) in [4.78, 5) is 80.9. The normalized spacial score (nSPS) is 13.8. The average Bonchev–Trinajstić information content (AvgIpc) is 1.77. The Morgan fingerprint density at radius 1 is 0.396 bits per heavy atom. The minimum Gasteiger partial charge on any atom is -0.481 e. The van der Waals surface area contributed by atoms with Gasteiger partial charge in [-0.15, -0.1) is 15.3 Å². The molecule has 1 unspecified atom stereocenters. The second-order valence-corrected chi connectivity index (χ2v) is 29.0. The summed E-state index contributed by atoms with van der Waals surface area (Å²) in [6.45, 7) is 24.0. The van der Waals surface area contributed by atoms with Gasteiger partial charge in [-0.3, -0.25) is 28.8 Å². The van der Waals surface area contributed by atoms with Gasteiger partial charge in [-0.2, -0.15) is 3.89 Å². The topological polar surface area (TPSA) is 265 Å². The van der Waals surface area contributed by atoms with Crippen LogP contribution < -0.4 is 0 Å².